The van der Waals surface area contributed by atoms with Crippen molar-refractivity contribution in [3.8, 4) is 0 Å². The van der Waals surface area contributed by atoms with E-state index in [4.69, 9.17) is 81.7 Å². The van der Waals surface area contributed by atoms with Gasteiger partial charge in [-0.2, -0.15) is 11.8 Å². The van der Waals surface area contributed by atoms with Crippen LogP contribution in [0.4, 0.5) is 0 Å². The van der Waals surface area contributed by atoms with Crippen molar-refractivity contribution in [3.63, 3.8) is 0 Å². The maximum atomic E-state index is 13.9. The van der Waals surface area contributed by atoms with Gasteiger partial charge in [0.2, 0.25) is 36.6 Å². The monoisotopic (exact) mass is 2030 g/mol. The number of carboxylic acids is 2. The van der Waals surface area contributed by atoms with E-state index in [1.54, 1.807) is 7.11 Å². The standard InChI is InChI=1S/C44H81N5O13.C26H32N2O16.C18H26O12.C3H8S/c1-6-36(52)59-40(35(51)22-20-25-47-28-30-48-29-27-46-24-19-21-34(50)33-58-32-31-57-5)41(60-37(53)7-2)42(61-38(54)8-3)43(62-39(55)9-4)44(56)49-26-18-16-14-12-10-11-13-15-17-23-45;1-5-17(33)39-21(23(41-19(35)7-3)25(37)43-27-13(29)9-10-14(27)30)22(40-18(34)6-2)24(42-20(36)8-4)26(38)44-28-15(31)11-12-16(28)32;1-5-9(19)27-13(15(17(23)24)29-11(21)7-3)14(28-10(20)6-2)16(18(25)26)30-12(22)8-4;1-3-4-2/h40-43,46-48H,6-33,45H2,1-5H3,(H,49,56);21-24H,5-12H2,1-4H3;13-16H,5-8H2,1-4H3,(H,23,24)(H,25,26);3H2,1-2H3. The third-order valence-electron chi connectivity index (χ3n) is 19.5. The number of nitrogens with one attached hydrogen (secondary N) is 4. The lowest BCUT2D eigenvalue weighted by Gasteiger charge is -2.35. The third-order valence-corrected chi connectivity index (χ3v) is 20.1. The molecule has 0 radical (unpaired) electrons. The largest absolute Gasteiger partial charge is 0.478 e. The highest BCUT2D eigenvalue weighted by atomic mass is 32.2. The van der Waals surface area contributed by atoms with Crippen LogP contribution >= 0.6 is 11.8 Å². The number of thioether (sulfide) groups is 1. The number of hydrogen-bond acceptors (Lipinski definition) is 44. The zero-order chi connectivity index (χ0) is 106. The van der Waals surface area contributed by atoms with Crippen LogP contribution in [-0.2, 0) is 186 Å². The second kappa shape index (κ2) is 78.4. The van der Waals surface area contributed by atoms with E-state index in [0.29, 0.717) is 71.7 Å². The zero-order valence-corrected chi connectivity index (χ0v) is 83.9. The molecule has 12 atom stereocenters. The number of Topliss-reactive ketones (excluding diaryl/α,β-unsaturated/α-hetero) is 2. The molecule has 2 rings (SSSR count). The van der Waals surface area contributed by atoms with Gasteiger partial charge in [0.25, 0.3) is 29.5 Å². The lowest BCUT2D eigenvalue weighted by Crippen LogP contribution is -2.58. The van der Waals surface area contributed by atoms with E-state index >= 15 is 0 Å². The average molecular weight is 2030 g/mol. The molecule has 49 heteroatoms. The highest BCUT2D eigenvalue weighted by molar-refractivity contribution is 7.98. The number of carboxylic acid groups (broad SMARTS) is 2. The van der Waals surface area contributed by atoms with Gasteiger partial charge < -0.3 is 113 Å². The van der Waals surface area contributed by atoms with Crippen LogP contribution in [0.15, 0.2) is 0 Å². The number of rotatable bonds is 72. The van der Waals surface area contributed by atoms with E-state index in [1.165, 1.54) is 88.8 Å². The number of nitrogens with two attached hydrogens (primary N) is 1. The Kier molecular flexibility index (Phi) is 73.2. The van der Waals surface area contributed by atoms with Crippen LogP contribution in [0.3, 0.4) is 0 Å². The van der Waals surface area contributed by atoms with E-state index < -0.39 is 217 Å². The van der Waals surface area contributed by atoms with Crippen LogP contribution in [0.1, 0.15) is 276 Å². The normalized spacial score (nSPS) is 14.5. The average Bonchev–Trinajstić information content (AvgIpc) is 1.80. The number of unbranched alkanes of at least 4 members (excludes halogenated alkanes) is 8. The lowest BCUT2D eigenvalue weighted by molar-refractivity contribution is -0.229. The summed E-state index contributed by atoms with van der Waals surface area (Å²) in [4.78, 5) is 296. The van der Waals surface area contributed by atoms with Crippen LogP contribution in [0.5, 0.6) is 0 Å². The summed E-state index contributed by atoms with van der Waals surface area (Å²) in [7, 11) is 1.58. The summed E-state index contributed by atoms with van der Waals surface area (Å²) in [5.74, 6) is -22.6. The molecule has 798 valence electrons. The SMILES string of the molecule is CCC(=O)OC(C(=O)CCCNCCNCCNCCCC(=O)COCCOC)C(OC(=O)CC)C(OC(=O)CC)C(OC(=O)CC)C(=O)NCCCCCCCCCCCN.CCC(=O)OC(C(=O)O)C(OC(=O)CC)C(OC(=O)CC)C(OC(=O)CC)C(=O)O.CCC(=O)OC(C(=O)ON1C(=O)CCC1=O)C(OC(=O)CC)C(OC(=O)CC)C(OC(=O)CC)C(=O)ON1C(=O)CCC1=O.CCSC. The molecule has 12 unspecified atom stereocenters. The topological polar surface area (TPSA) is 661 Å². The first-order chi connectivity index (χ1) is 66.7. The van der Waals surface area contributed by atoms with Crippen LogP contribution in [0.2, 0.25) is 0 Å². The number of carbonyl (C=O) groups is 23. The number of carbonyl (C=O) groups excluding carboxylic acids is 21. The summed E-state index contributed by atoms with van der Waals surface area (Å²) < 4.78 is 73.1. The highest BCUT2D eigenvalue weighted by Gasteiger charge is 2.55. The second-order valence-corrected chi connectivity index (χ2v) is 31.6. The summed E-state index contributed by atoms with van der Waals surface area (Å²) in [5, 5.41) is 31.8. The van der Waals surface area contributed by atoms with E-state index in [2.05, 4.69) is 34.4 Å². The summed E-state index contributed by atoms with van der Waals surface area (Å²) in [5.41, 5.74) is 5.56. The molecule has 2 aliphatic heterocycles. The van der Waals surface area contributed by atoms with Crippen molar-refractivity contribution in [1.29, 1.82) is 0 Å². The molecule has 0 spiro atoms. The Bertz CT molecular complexity index is 3730. The quantitative estimate of drug-likeness (QED) is 0.0193. The van der Waals surface area contributed by atoms with Crippen molar-refractivity contribution < 1.29 is 196 Å². The maximum Gasteiger partial charge on any atom is 0.377 e. The number of hydrogen-bond donors (Lipinski definition) is 7. The molecule has 2 fully saturated rings. The smallest absolute Gasteiger partial charge is 0.377 e. The van der Waals surface area contributed by atoms with Gasteiger partial charge in [-0.15, -0.1) is 10.1 Å². The second-order valence-electron chi connectivity index (χ2n) is 30.4. The number of esters is 12. The van der Waals surface area contributed by atoms with Crippen molar-refractivity contribution in [3.05, 3.63) is 0 Å². The number of ketones is 2. The van der Waals surface area contributed by atoms with Crippen LogP contribution in [-0.4, -0.2) is 321 Å². The summed E-state index contributed by atoms with van der Waals surface area (Å²) in [6, 6.07) is 0. The molecule has 2 saturated heterocycles. The number of methoxy groups -OCH3 is 1. The molecule has 2 aliphatic rings. The number of ether oxygens (including phenoxy) is 14. The Morgan fingerprint density at radius 1 is 0.329 bits per heavy atom. The van der Waals surface area contributed by atoms with Gasteiger partial charge in [-0.05, 0) is 57.3 Å². The van der Waals surface area contributed by atoms with Crippen LogP contribution in [0, 0.1) is 0 Å². The molecule has 2 heterocycles. The Morgan fingerprint density at radius 2 is 0.586 bits per heavy atom. The molecule has 0 bridgehead atoms. The molecular weight excluding hydrogens is 1880 g/mol. The molecule has 140 heavy (non-hydrogen) atoms. The summed E-state index contributed by atoms with van der Waals surface area (Å²) in [6.07, 6.45) is -17.3. The number of hydroxylamine groups is 4. The van der Waals surface area contributed by atoms with Gasteiger partial charge in [0.1, 0.15) is 6.61 Å². The van der Waals surface area contributed by atoms with Gasteiger partial charge in [0.15, 0.2) is 48.2 Å². The van der Waals surface area contributed by atoms with Crippen molar-refractivity contribution in [2.45, 2.75) is 349 Å². The molecule has 0 aliphatic carbocycles. The van der Waals surface area contributed by atoms with Gasteiger partial charge in [0.05, 0.1) is 13.2 Å². The Hall–Kier alpha value is -11.3. The van der Waals surface area contributed by atoms with Crippen molar-refractivity contribution in [2.24, 2.45) is 5.73 Å². The molecule has 5 amide bonds. The van der Waals surface area contributed by atoms with Gasteiger partial charge in [-0.1, -0.05) is 135 Å². The Labute approximate surface area is 819 Å². The number of imide groups is 2. The fraction of sp³-hybridized carbons (Fsp3) is 0.747. The predicted molar refractivity (Wildman–Crippen MR) is 489 cm³/mol. The Balaban J connectivity index is 0. The number of aliphatic carboxylic acids is 2. The van der Waals surface area contributed by atoms with Gasteiger partial charge in [-0.25, -0.2) is 19.2 Å². The van der Waals surface area contributed by atoms with E-state index in [0.717, 1.165) is 64.3 Å². The first-order valence-corrected chi connectivity index (χ1v) is 48.7. The maximum absolute atomic E-state index is 13.9. The lowest BCUT2D eigenvalue weighted by atomic mass is 9.96. The van der Waals surface area contributed by atoms with Crippen LogP contribution in [0.25, 0.3) is 0 Å². The molecule has 8 N–H and O–H groups in total. The number of nitrogens with zero attached hydrogens (tertiary/aromatic N) is 2. The minimum atomic E-state index is -2.44. The van der Waals surface area contributed by atoms with Gasteiger partial charge in [0, 0.05) is 155 Å². The van der Waals surface area contributed by atoms with Gasteiger partial charge >= 0.3 is 95.5 Å². The molecule has 48 nitrogen and oxygen atoms in total. The third kappa shape index (κ3) is 55.1. The Morgan fingerprint density at radius 3 is 0.886 bits per heavy atom. The molecular formula is C91H147N7O41S. The summed E-state index contributed by atoms with van der Waals surface area (Å²) in [6.45, 7) is 24.6. The van der Waals surface area contributed by atoms with E-state index in [-0.39, 0.29) is 125 Å². The molecule has 0 aromatic carbocycles. The van der Waals surface area contributed by atoms with Crippen molar-refractivity contribution >= 4 is 148 Å². The minimum Gasteiger partial charge on any atom is -0.478 e. The number of amides is 5. The molecule has 0 aromatic heterocycles. The molecule has 0 aromatic rings. The summed E-state index contributed by atoms with van der Waals surface area (Å²) >= 11 is 1.86. The van der Waals surface area contributed by atoms with Crippen molar-refractivity contribution in [1.82, 2.24) is 31.4 Å². The van der Waals surface area contributed by atoms with E-state index in [9.17, 15) is 120 Å². The van der Waals surface area contributed by atoms with Gasteiger partial charge in [-0.3, -0.25) is 91.1 Å². The van der Waals surface area contributed by atoms with Crippen molar-refractivity contribution in [2.75, 3.05) is 91.3 Å². The first kappa shape index (κ1) is 131. The first-order valence-electron chi connectivity index (χ1n) is 47.3. The molecule has 0 saturated carbocycles. The van der Waals surface area contributed by atoms with E-state index in [1.807, 2.05) is 11.8 Å². The van der Waals surface area contributed by atoms with Crippen LogP contribution < -0.4 is 27.0 Å². The predicted octanol–water partition coefficient (Wildman–Crippen LogP) is 4.29. The fourth-order valence-corrected chi connectivity index (χ4v) is 11.7. The zero-order valence-electron chi connectivity index (χ0n) is 83.1. The highest BCUT2D eigenvalue weighted by Crippen LogP contribution is 2.29. The fourth-order valence-electron chi connectivity index (χ4n) is 11.7. The minimum absolute atomic E-state index is 0.0586.